The Kier molecular flexibility index (Phi) is 7.41. The number of aliphatic hydroxyl groups is 4. The lowest BCUT2D eigenvalue weighted by atomic mass is 9.99. The minimum Gasteiger partial charge on any atom is -0.507 e. The standard InChI is InChI=1S/C22H24O11/c1-31-16-5-3-10(6-13(16)25)2-4-12(24)18-14(26)7-11(8-15(18)27)32-22-21(30)20(29)19(28)17(9-23)33-22/h2-8,17,19-23,25-30H,9H2,1H3/b4-2+/t17-,19-,20+,21-,22-/m1/s1. The topological polar surface area (TPSA) is 186 Å². The third-order valence-corrected chi connectivity index (χ3v) is 5.05. The number of hydrogen-bond acceptors (Lipinski definition) is 11. The molecule has 0 radical (unpaired) electrons. The fraction of sp³-hybridized carbons (Fsp3) is 0.318. The molecule has 0 spiro atoms. The molecule has 2 aromatic carbocycles. The Labute approximate surface area is 188 Å². The van der Waals surface area contributed by atoms with Gasteiger partial charge in [-0.2, -0.15) is 0 Å². The zero-order valence-electron chi connectivity index (χ0n) is 17.4. The number of ether oxygens (including phenoxy) is 3. The fourth-order valence-corrected chi connectivity index (χ4v) is 3.27. The van der Waals surface area contributed by atoms with E-state index in [-0.39, 0.29) is 17.2 Å². The Hall–Kier alpha value is -3.35. The normalized spacial score (nSPS) is 25.2. The van der Waals surface area contributed by atoms with E-state index in [9.17, 15) is 40.5 Å². The third kappa shape index (κ3) is 5.18. The summed E-state index contributed by atoms with van der Waals surface area (Å²) < 4.78 is 15.5. The average Bonchev–Trinajstić information content (AvgIpc) is 2.77. The van der Waals surface area contributed by atoms with Crippen LogP contribution in [0, 0.1) is 0 Å². The minimum atomic E-state index is -1.70. The molecule has 11 heteroatoms. The molecule has 1 heterocycles. The fourth-order valence-electron chi connectivity index (χ4n) is 3.27. The molecular weight excluding hydrogens is 440 g/mol. The van der Waals surface area contributed by atoms with Crippen LogP contribution in [-0.4, -0.2) is 86.0 Å². The first-order chi connectivity index (χ1) is 15.7. The van der Waals surface area contributed by atoms with Crippen molar-refractivity contribution >= 4 is 11.9 Å². The van der Waals surface area contributed by atoms with E-state index in [0.29, 0.717) is 5.56 Å². The molecule has 1 aliphatic rings. The van der Waals surface area contributed by atoms with Gasteiger partial charge < -0.3 is 50.0 Å². The van der Waals surface area contributed by atoms with Crippen LogP contribution in [0.5, 0.6) is 28.7 Å². The van der Waals surface area contributed by atoms with Crippen molar-refractivity contribution in [1.29, 1.82) is 0 Å². The number of carbonyl (C=O) groups excluding carboxylic acids is 1. The van der Waals surface area contributed by atoms with Crippen LogP contribution in [0.2, 0.25) is 0 Å². The Balaban J connectivity index is 1.77. The summed E-state index contributed by atoms with van der Waals surface area (Å²) in [5.74, 6) is -2.12. The molecule has 178 valence electrons. The molecule has 0 aliphatic carbocycles. The van der Waals surface area contributed by atoms with E-state index in [1.807, 2.05) is 0 Å². The molecule has 2 aromatic rings. The van der Waals surface area contributed by atoms with Crippen LogP contribution < -0.4 is 9.47 Å². The zero-order chi connectivity index (χ0) is 24.3. The van der Waals surface area contributed by atoms with Gasteiger partial charge >= 0.3 is 0 Å². The van der Waals surface area contributed by atoms with Gasteiger partial charge in [-0.05, 0) is 23.8 Å². The second kappa shape index (κ2) is 10.1. The van der Waals surface area contributed by atoms with Crippen LogP contribution in [-0.2, 0) is 4.74 Å². The highest BCUT2D eigenvalue weighted by Crippen LogP contribution is 2.35. The average molecular weight is 464 g/mol. The lowest BCUT2D eigenvalue weighted by Gasteiger charge is -2.39. The van der Waals surface area contributed by atoms with Crippen molar-refractivity contribution in [3.8, 4) is 28.7 Å². The van der Waals surface area contributed by atoms with E-state index in [4.69, 9.17) is 14.2 Å². The van der Waals surface area contributed by atoms with Gasteiger partial charge in [0.25, 0.3) is 0 Å². The van der Waals surface area contributed by atoms with Gasteiger partial charge in [-0.3, -0.25) is 4.79 Å². The molecule has 0 saturated carbocycles. The summed E-state index contributed by atoms with van der Waals surface area (Å²) >= 11 is 0. The highest BCUT2D eigenvalue weighted by Gasteiger charge is 2.44. The maximum atomic E-state index is 12.5. The predicted molar refractivity (Wildman–Crippen MR) is 112 cm³/mol. The monoisotopic (exact) mass is 464 g/mol. The summed E-state index contributed by atoms with van der Waals surface area (Å²) in [5.41, 5.74) is 0.0355. The van der Waals surface area contributed by atoms with E-state index < -0.39 is 60.2 Å². The predicted octanol–water partition coefficient (Wildman–Crippen LogP) is -0.113. The number of hydrogen-bond donors (Lipinski definition) is 7. The molecule has 7 N–H and O–H groups in total. The number of phenols is 3. The maximum Gasteiger partial charge on any atom is 0.229 e. The van der Waals surface area contributed by atoms with Crippen molar-refractivity contribution in [1.82, 2.24) is 0 Å². The molecule has 0 amide bonds. The van der Waals surface area contributed by atoms with E-state index in [2.05, 4.69) is 0 Å². The van der Waals surface area contributed by atoms with Crippen LogP contribution in [0.15, 0.2) is 36.4 Å². The number of phenolic OH excluding ortho intramolecular Hbond substituents is 3. The number of ketones is 1. The molecule has 1 aliphatic heterocycles. The summed E-state index contributed by atoms with van der Waals surface area (Å²) in [6.45, 7) is -0.660. The minimum absolute atomic E-state index is 0.132. The highest BCUT2D eigenvalue weighted by molar-refractivity contribution is 6.10. The second-order valence-electron chi connectivity index (χ2n) is 7.28. The van der Waals surface area contributed by atoms with Crippen molar-refractivity contribution in [3.63, 3.8) is 0 Å². The zero-order valence-corrected chi connectivity index (χ0v) is 17.4. The van der Waals surface area contributed by atoms with Crippen molar-refractivity contribution < 1.29 is 54.8 Å². The van der Waals surface area contributed by atoms with Crippen molar-refractivity contribution in [3.05, 3.63) is 47.5 Å². The SMILES string of the molecule is COc1ccc(/C=C/C(=O)c2c(O)cc(O[C@@H]3O[C@H](CO)[C@@H](O)[C@H](O)[C@H]3O)cc2O)cc1O. The first kappa shape index (κ1) is 24.3. The number of carbonyl (C=O) groups is 1. The molecule has 33 heavy (non-hydrogen) atoms. The van der Waals surface area contributed by atoms with Crippen molar-refractivity contribution in [2.75, 3.05) is 13.7 Å². The van der Waals surface area contributed by atoms with Gasteiger partial charge in [0.2, 0.25) is 6.29 Å². The Morgan fingerprint density at radius 1 is 1.00 bits per heavy atom. The molecule has 11 nitrogen and oxygen atoms in total. The molecule has 5 atom stereocenters. The van der Waals surface area contributed by atoms with Crippen molar-refractivity contribution in [2.24, 2.45) is 0 Å². The van der Waals surface area contributed by atoms with Crippen molar-refractivity contribution in [2.45, 2.75) is 30.7 Å². The van der Waals surface area contributed by atoms with Crippen LogP contribution in [0.1, 0.15) is 15.9 Å². The maximum absolute atomic E-state index is 12.5. The van der Waals surface area contributed by atoms with E-state index in [1.165, 1.54) is 25.3 Å². The number of aromatic hydroxyl groups is 3. The lowest BCUT2D eigenvalue weighted by molar-refractivity contribution is -0.277. The molecule has 3 rings (SSSR count). The molecule has 0 aromatic heterocycles. The lowest BCUT2D eigenvalue weighted by Crippen LogP contribution is -2.60. The first-order valence-corrected chi connectivity index (χ1v) is 9.78. The second-order valence-corrected chi connectivity index (χ2v) is 7.28. The smallest absolute Gasteiger partial charge is 0.229 e. The number of aliphatic hydroxyl groups excluding tert-OH is 4. The summed E-state index contributed by atoms with van der Waals surface area (Å²) in [6, 6.07) is 6.42. The van der Waals surface area contributed by atoms with Gasteiger partial charge in [-0.1, -0.05) is 12.1 Å². The van der Waals surface area contributed by atoms with Gasteiger partial charge in [0.05, 0.1) is 13.7 Å². The van der Waals surface area contributed by atoms with Crippen LogP contribution >= 0.6 is 0 Å². The van der Waals surface area contributed by atoms with E-state index in [1.54, 1.807) is 6.07 Å². The first-order valence-electron chi connectivity index (χ1n) is 9.78. The summed E-state index contributed by atoms with van der Waals surface area (Å²) in [4.78, 5) is 12.5. The highest BCUT2D eigenvalue weighted by atomic mass is 16.7. The molecule has 0 bridgehead atoms. The molecule has 1 fully saturated rings. The summed E-state index contributed by atoms with van der Waals surface area (Å²) in [7, 11) is 1.39. The van der Waals surface area contributed by atoms with Crippen LogP contribution in [0.3, 0.4) is 0 Å². The largest absolute Gasteiger partial charge is 0.507 e. The van der Waals surface area contributed by atoms with Gasteiger partial charge in [-0.15, -0.1) is 0 Å². The van der Waals surface area contributed by atoms with Gasteiger partial charge in [0.15, 0.2) is 17.3 Å². The molecule has 0 unspecified atom stereocenters. The van der Waals surface area contributed by atoms with Gasteiger partial charge in [0.1, 0.15) is 47.2 Å². The third-order valence-electron chi connectivity index (χ3n) is 5.05. The Morgan fingerprint density at radius 3 is 2.24 bits per heavy atom. The van der Waals surface area contributed by atoms with Crippen LogP contribution in [0.4, 0.5) is 0 Å². The number of methoxy groups -OCH3 is 1. The van der Waals surface area contributed by atoms with E-state index >= 15 is 0 Å². The number of rotatable bonds is 7. The van der Waals surface area contributed by atoms with Gasteiger partial charge in [0, 0.05) is 12.1 Å². The summed E-state index contributed by atoms with van der Waals surface area (Å²) in [5, 5.41) is 69.2. The van der Waals surface area contributed by atoms with Gasteiger partial charge in [-0.25, -0.2) is 0 Å². The van der Waals surface area contributed by atoms with Crippen LogP contribution in [0.25, 0.3) is 6.08 Å². The summed E-state index contributed by atoms with van der Waals surface area (Å²) in [6.07, 6.45) is -5.26. The van der Waals surface area contributed by atoms with E-state index in [0.717, 1.165) is 18.2 Å². The Morgan fingerprint density at radius 2 is 1.67 bits per heavy atom. The Bertz CT molecular complexity index is 1010. The number of benzene rings is 2. The molecular formula is C22H24O11. The number of allylic oxidation sites excluding steroid dienone is 1. The molecule has 1 saturated heterocycles. The quantitative estimate of drug-likeness (QED) is 0.214.